The molecule has 19 heavy (non-hydrogen) atoms. The number of nitrogens with zero attached hydrogens (tertiary/aromatic N) is 1. The van der Waals surface area contributed by atoms with Gasteiger partial charge >= 0.3 is 5.97 Å². The van der Waals surface area contributed by atoms with Crippen LogP contribution in [0, 0.1) is 5.82 Å². The van der Waals surface area contributed by atoms with Crippen LogP contribution in [0.25, 0.3) is 6.08 Å². The molecule has 0 spiro atoms. The van der Waals surface area contributed by atoms with Gasteiger partial charge in [-0.05, 0) is 25.1 Å². The van der Waals surface area contributed by atoms with Crippen molar-refractivity contribution in [3.8, 4) is 0 Å². The number of carbonyl (C=O) groups is 2. The van der Waals surface area contributed by atoms with Crippen molar-refractivity contribution in [2.24, 2.45) is 5.73 Å². The van der Waals surface area contributed by atoms with E-state index >= 15 is 0 Å². The van der Waals surface area contributed by atoms with Crippen LogP contribution >= 0.6 is 0 Å². The molecular weight excluding hydrogens is 251 g/mol. The van der Waals surface area contributed by atoms with Gasteiger partial charge in [0.1, 0.15) is 5.82 Å². The minimum absolute atomic E-state index is 0.0616. The number of anilines is 1. The van der Waals surface area contributed by atoms with Crippen LogP contribution in [0.4, 0.5) is 10.1 Å². The van der Waals surface area contributed by atoms with Crippen molar-refractivity contribution in [1.82, 2.24) is 0 Å². The van der Waals surface area contributed by atoms with Crippen molar-refractivity contribution in [2.45, 2.75) is 6.92 Å². The molecule has 1 aromatic rings. The summed E-state index contributed by atoms with van der Waals surface area (Å²) in [4.78, 5) is 23.1. The molecule has 0 aliphatic carbocycles. The third kappa shape index (κ3) is 4.09. The minimum atomic E-state index is -1.17. The fraction of sp³-hybridized carbons (Fsp3) is 0.231. The van der Waals surface area contributed by atoms with Gasteiger partial charge in [0.15, 0.2) is 0 Å². The van der Waals surface area contributed by atoms with Crippen LogP contribution in [0.15, 0.2) is 24.3 Å². The number of halogens is 1. The highest BCUT2D eigenvalue weighted by atomic mass is 19.1. The SMILES string of the molecule is CCN(CC(N)=O)c1cccc(F)c1/C=C/C(=O)O. The summed E-state index contributed by atoms with van der Waals surface area (Å²) in [6.45, 7) is 2.17. The number of hydrogen-bond donors (Lipinski definition) is 2. The Morgan fingerprint density at radius 3 is 2.68 bits per heavy atom. The van der Waals surface area contributed by atoms with E-state index in [-0.39, 0.29) is 12.1 Å². The van der Waals surface area contributed by atoms with E-state index in [0.717, 1.165) is 12.2 Å². The fourth-order valence-corrected chi connectivity index (χ4v) is 1.68. The highest BCUT2D eigenvalue weighted by molar-refractivity contribution is 5.88. The summed E-state index contributed by atoms with van der Waals surface area (Å²) in [7, 11) is 0. The third-order valence-corrected chi connectivity index (χ3v) is 2.49. The average molecular weight is 266 g/mol. The first kappa shape index (κ1) is 14.7. The predicted octanol–water partition coefficient (Wildman–Crippen LogP) is 1.24. The normalized spacial score (nSPS) is 10.6. The van der Waals surface area contributed by atoms with Gasteiger partial charge in [0.05, 0.1) is 6.54 Å². The van der Waals surface area contributed by atoms with E-state index < -0.39 is 17.7 Å². The number of likely N-dealkylation sites (N-methyl/N-ethyl adjacent to an activating group) is 1. The smallest absolute Gasteiger partial charge is 0.328 e. The molecule has 0 saturated carbocycles. The van der Waals surface area contributed by atoms with Crippen molar-refractivity contribution < 1.29 is 19.1 Å². The Morgan fingerprint density at radius 2 is 2.16 bits per heavy atom. The predicted molar refractivity (Wildman–Crippen MR) is 70.2 cm³/mol. The van der Waals surface area contributed by atoms with Crippen molar-refractivity contribution in [3.05, 3.63) is 35.7 Å². The van der Waals surface area contributed by atoms with Gasteiger partial charge in [-0.25, -0.2) is 9.18 Å². The van der Waals surface area contributed by atoms with E-state index in [2.05, 4.69) is 0 Å². The number of primary amides is 1. The van der Waals surface area contributed by atoms with Crippen molar-refractivity contribution in [1.29, 1.82) is 0 Å². The lowest BCUT2D eigenvalue weighted by Crippen LogP contribution is -2.34. The number of carboxylic acids is 1. The van der Waals surface area contributed by atoms with Gasteiger partial charge in [0, 0.05) is 23.9 Å². The van der Waals surface area contributed by atoms with Crippen molar-refractivity contribution >= 4 is 23.6 Å². The van der Waals surface area contributed by atoms with E-state index in [0.29, 0.717) is 12.2 Å². The summed E-state index contributed by atoms with van der Waals surface area (Å²) in [6.07, 6.45) is 2.01. The Bertz CT molecular complexity index is 515. The summed E-state index contributed by atoms with van der Waals surface area (Å²) in [5.74, 6) is -2.27. The van der Waals surface area contributed by atoms with Gasteiger partial charge in [-0.3, -0.25) is 4.79 Å². The number of aliphatic carboxylic acids is 1. The number of rotatable bonds is 6. The maximum absolute atomic E-state index is 13.7. The fourth-order valence-electron chi connectivity index (χ4n) is 1.68. The Hall–Kier alpha value is -2.37. The number of benzene rings is 1. The summed E-state index contributed by atoms with van der Waals surface area (Å²) < 4.78 is 13.7. The van der Waals surface area contributed by atoms with Crippen LogP contribution in [0.3, 0.4) is 0 Å². The Morgan fingerprint density at radius 1 is 1.47 bits per heavy atom. The maximum atomic E-state index is 13.7. The van der Waals surface area contributed by atoms with Crippen LogP contribution in [0.5, 0.6) is 0 Å². The number of carboxylic acid groups (broad SMARTS) is 1. The molecule has 0 bridgehead atoms. The van der Waals surface area contributed by atoms with Gasteiger partial charge in [-0.2, -0.15) is 0 Å². The van der Waals surface area contributed by atoms with Crippen LogP contribution in [-0.4, -0.2) is 30.1 Å². The zero-order valence-electron chi connectivity index (χ0n) is 10.5. The number of hydrogen-bond acceptors (Lipinski definition) is 3. The lowest BCUT2D eigenvalue weighted by Gasteiger charge is -2.23. The molecule has 6 heteroatoms. The van der Waals surface area contributed by atoms with Crippen molar-refractivity contribution in [3.63, 3.8) is 0 Å². The zero-order chi connectivity index (χ0) is 14.4. The van der Waals surface area contributed by atoms with Crippen LogP contribution < -0.4 is 10.6 Å². The topological polar surface area (TPSA) is 83.6 Å². The Kier molecular flexibility index (Phi) is 5.05. The molecule has 0 heterocycles. The summed E-state index contributed by atoms with van der Waals surface area (Å²) in [6, 6.07) is 4.33. The molecule has 0 atom stereocenters. The summed E-state index contributed by atoms with van der Waals surface area (Å²) >= 11 is 0. The summed E-state index contributed by atoms with van der Waals surface area (Å²) in [5, 5.41) is 8.60. The van der Waals surface area contributed by atoms with E-state index in [9.17, 15) is 14.0 Å². The quantitative estimate of drug-likeness (QED) is 0.759. The van der Waals surface area contributed by atoms with E-state index in [1.165, 1.54) is 12.1 Å². The zero-order valence-corrected chi connectivity index (χ0v) is 10.5. The highest BCUT2D eigenvalue weighted by Crippen LogP contribution is 2.24. The van der Waals surface area contributed by atoms with Gasteiger partial charge in [-0.1, -0.05) is 6.07 Å². The lowest BCUT2D eigenvalue weighted by atomic mass is 10.1. The Labute approximate surface area is 110 Å². The molecule has 102 valence electrons. The molecule has 1 rings (SSSR count). The van der Waals surface area contributed by atoms with E-state index in [1.54, 1.807) is 17.9 Å². The second kappa shape index (κ2) is 6.53. The van der Waals surface area contributed by atoms with E-state index in [1.807, 2.05) is 0 Å². The molecule has 5 nitrogen and oxygen atoms in total. The van der Waals surface area contributed by atoms with Gasteiger partial charge in [0.2, 0.25) is 5.91 Å². The second-order valence-electron chi connectivity index (χ2n) is 3.82. The molecule has 0 fully saturated rings. The van der Waals surface area contributed by atoms with Crippen LogP contribution in [-0.2, 0) is 9.59 Å². The maximum Gasteiger partial charge on any atom is 0.328 e. The Balaban J connectivity index is 3.21. The molecular formula is C13H15FN2O3. The number of amides is 1. The standard InChI is InChI=1S/C13H15FN2O3/c1-2-16(8-12(15)17)11-5-3-4-10(14)9(11)6-7-13(18)19/h3-7H,2,8H2,1H3,(H2,15,17)(H,18,19)/b7-6+. The monoisotopic (exact) mass is 266 g/mol. The largest absolute Gasteiger partial charge is 0.478 e. The minimum Gasteiger partial charge on any atom is -0.478 e. The molecule has 1 aromatic carbocycles. The lowest BCUT2D eigenvalue weighted by molar-refractivity contribution is -0.131. The van der Waals surface area contributed by atoms with E-state index in [4.69, 9.17) is 10.8 Å². The van der Waals surface area contributed by atoms with Crippen molar-refractivity contribution in [2.75, 3.05) is 18.0 Å². The van der Waals surface area contributed by atoms with Gasteiger partial charge in [0.25, 0.3) is 0 Å². The molecule has 0 aromatic heterocycles. The van der Waals surface area contributed by atoms with Crippen LogP contribution in [0.1, 0.15) is 12.5 Å². The average Bonchev–Trinajstić information content (AvgIpc) is 2.33. The first-order chi connectivity index (χ1) is 8.95. The van der Waals surface area contributed by atoms with Gasteiger partial charge in [-0.15, -0.1) is 0 Å². The molecule has 0 aliphatic rings. The first-order valence-corrected chi connectivity index (χ1v) is 5.68. The summed E-state index contributed by atoms with van der Waals surface area (Å²) in [5.41, 5.74) is 5.68. The van der Waals surface area contributed by atoms with Crippen LogP contribution in [0.2, 0.25) is 0 Å². The number of nitrogens with two attached hydrogens (primary N) is 1. The third-order valence-electron chi connectivity index (χ3n) is 2.49. The molecule has 3 N–H and O–H groups in total. The van der Waals surface area contributed by atoms with Gasteiger partial charge < -0.3 is 15.7 Å². The highest BCUT2D eigenvalue weighted by Gasteiger charge is 2.13. The number of carbonyl (C=O) groups excluding carboxylic acids is 1. The molecule has 0 saturated heterocycles. The molecule has 0 aliphatic heterocycles. The first-order valence-electron chi connectivity index (χ1n) is 5.68. The molecule has 0 unspecified atom stereocenters. The second-order valence-corrected chi connectivity index (χ2v) is 3.82. The molecule has 0 radical (unpaired) electrons. The molecule has 1 amide bonds.